The summed E-state index contributed by atoms with van der Waals surface area (Å²) in [5.41, 5.74) is 0.980. The maximum atomic E-state index is 12.0. The minimum Gasteiger partial charge on any atom is -0.462 e. The molecule has 20 heavy (non-hydrogen) atoms. The van der Waals surface area contributed by atoms with Crippen LogP contribution in [0.15, 0.2) is 30.3 Å². The first-order valence-electron chi connectivity index (χ1n) is 7.27. The SMILES string of the molecule is CN1[C@@H]2C[C@H](OC(=O)Cc3ccccc3)C[C@H]1[C@H](O)C2. The summed E-state index contributed by atoms with van der Waals surface area (Å²) >= 11 is 0. The first-order chi connectivity index (χ1) is 9.63. The number of rotatable bonds is 3. The zero-order chi connectivity index (χ0) is 14.1. The summed E-state index contributed by atoms with van der Waals surface area (Å²) in [6.07, 6.45) is 2.38. The molecule has 2 aliphatic heterocycles. The molecule has 4 atom stereocenters. The Kier molecular flexibility index (Phi) is 3.76. The fraction of sp³-hybridized carbons (Fsp3) is 0.562. The molecule has 2 fully saturated rings. The van der Waals surface area contributed by atoms with E-state index in [2.05, 4.69) is 4.90 Å². The van der Waals surface area contributed by atoms with E-state index in [-0.39, 0.29) is 24.2 Å². The average molecular weight is 275 g/mol. The molecule has 0 aliphatic carbocycles. The van der Waals surface area contributed by atoms with Gasteiger partial charge in [0, 0.05) is 24.9 Å². The number of carbonyl (C=O) groups excluding carboxylic acids is 1. The van der Waals surface area contributed by atoms with Gasteiger partial charge >= 0.3 is 5.97 Å². The second-order valence-corrected chi connectivity index (χ2v) is 5.94. The Morgan fingerprint density at radius 3 is 2.75 bits per heavy atom. The predicted octanol–water partition coefficient (Wildman–Crippen LogP) is 1.37. The molecule has 2 heterocycles. The Hall–Kier alpha value is -1.39. The summed E-state index contributed by atoms with van der Waals surface area (Å²) in [5, 5.41) is 9.97. The molecule has 1 aromatic rings. The summed E-state index contributed by atoms with van der Waals surface area (Å²) in [7, 11) is 2.05. The largest absolute Gasteiger partial charge is 0.462 e. The number of piperidine rings is 1. The van der Waals surface area contributed by atoms with Gasteiger partial charge in [0.2, 0.25) is 0 Å². The molecule has 0 unspecified atom stereocenters. The highest BCUT2D eigenvalue weighted by Crippen LogP contribution is 2.35. The van der Waals surface area contributed by atoms with Crippen molar-refractivity contribution in [2.75, 3.05) is 7.05 Å². The van der Waals surface area contributed by atoms with Gasteiger partial charge < -0.3 is 9.84 Å². The van der Waals surface area contributed by atoms with Gasteiger partial charge in [-0.1, -0.05) is 30.3 Å². The van der Waals surface area contributed by atoms with E-state index in [1.807, 2.05) is 37.4 Å². The fourth-order valence-corrected chi connectivity index (χ4v) is 3.49. The van der Waals surface area contributed by atoms with Crippen molar-refractivity contribution in [1.29, 1.82) is 0 Å². The molecule has 0 aromatic heterocycles. The Balaban J connectivity index is 1.55. The quantitative estimate of drug-likeness (QED) is 0.847. The molecule has 2 aliphatic rings. The molecule has 2 saturated heterocycles. The first-order valence-corrected chi connectivity index (χ1v) is 7.27. The van der Waals surface area contributed by atoms with Crippen LogP contribution in [0.3, 0.4) is 0 Å². The van der Waals surface area contributed by atoms with Crippen molar-refractivity contribution in [3.63, 3.8) is 0 Å². The number of likely N-dealkylation sites (N-methyl/N-ethyl adjacent to an activating group) is 1. The molecule has 0 amide bonds. The van der Waals surface area contributed by atoms with Gasteiger partial charge in [0.1, 0.15) is 6.10 Å². The molecule has 0 spiro atoms. The topological polar surface area (TPSA) is 49.8 Å². The number of ether oxygens (including phenoxy) is 1. The van der Waals surface area contributed by atoms with Crippen molar-refractivity contribution in [3.05, 3.63) is 35.9 Å². The van der Waals surface area contributed by atoms with Crippen LogP contribution in [0, 0.1) is 0 Å². The van der Waals surface area contributed by atoms with Gasteiger partial charge in [-0.15, -0.1) is 0 Å². The summed E-state index contributed by atoms with van der Waals surface area (Å²) in [4.78, 5) is 14.2. The molecular formula is C16H21NO3. The molecule has 0 saturated carbocycles. The number of benzene rings is 1. The highest BCUT2D eigenvalue weighted by molar-refractivity contribution is 5.72. The molecule has 4 heteroatoms. The van der Waals surface area contributed by atoms with E-state index >= 15 is 0 Å². The lowest BCUT2D eigenvalue weighted by Crippen LogP contribution is -2.45. The summed E-state index contributed by atoms with van der Waals surface area (Å²) in [6.45, 7) is 0. The molecule has 0 radical (unpaired) electrons. The molecule has 4 nitrogen and oxygen atoms in total. The minimum absolute atomic E-state index is 0.0467. The average Bonchev–Trinajstić information content (AvgIpc) is 2.59. The Morgan fingerprint density at radius 2 is 2.05 bits per heavy atom. The molecule has 108 valence electrons. The van der Waals surface area contributed by atoms with Crippen molar-refractivity contribution < 1.29 is 14.6 Å². The van der Waals surface area contributed by atoms with Crippen LogP contribution in [0.2, 0.25) is 0 Å². The third-order valence-electron chi connectivity index (χ3n) is 4.59. The molecule has 3 rings (SSSR count). The van der Waals surface area contributed by atoms with E-state index in [1.54, 1.807) is 0 Å². The van der Waals surface area contributed by atoms with Gasteiger partial charge in [-0.3, -0.25) is 9.69 Å². The second kappa shape index (κ2) is 5.54. The van der Waals surface area contributed by atoms with Crippen LogP contribution in [0.5, 0.6) is 0 Å². The van der Waals surface area contributed by atoms with Crippen LogP contribution in [0.1, 0.15) is 24.8 Å². The highest BCUT2D eigenvalue weighted by atomic mass is 16.5. The monoisotopic (exact) mass is 275 g/mol. The Labute approximate surface area is 119 Å². The molecule has 1 N–H and O–H groups in total. The number of hydrogen-bond acceptors (Lipinski definition) is 4. The molecular weight excluding hydrogens is 254 g/mol. The fourth-order valence-electron chi connectivity index (χ4n) is 3.49. The van der Waals surface area contributed by atoms with Gasteiger partial charge in [0.15, 0.2) is 0 Å². The standard InChI is InChI=1S/C16H21NO3/c1-17-12-8-13(10-14(17)15(18)9-12)20-16(19)7-11-5-3-2-4-6-11/h2-6,12-15,18H,7-10H2,1H3/t12-,13+,14+,15-/m1/s1. The second-order valence-electron chi connectivity index (χ2n) is 5.94. The minimum atomic E-state index is -0.275. The summed E-state index contributed by atoms with van der Waals surface area (Å²) in [5.74, 6) is -0.167. The number of esters is 1. The summed E-state index contributed by atoms with van der Waals surface area (Å²) in [6, 6.07) is 10.1. The van der Waals surface area contributed by atoms with Crippen LogP contribution >= 0.6 is 0 Å². The van der Waals surface area contributed by atoms with Crippen LogP contribution in [0.4, 0.5) is 0 Å². The van der Waals surface area contributed by atoms with Crippen LogP contribution in [-0.4, -0.2) is 47.3 Å². The number of hydrogen-bond donors (Lipinski definition) is 1. The Bertz CT molecular complexity index is 476. The third-order valence-corrected chi connectivity index (χ3v) is 4.59. The van der Waals surface area contributed by atoms with Gasteiger partial charge in [-0.2, -0.15) is 0 Å². The van der Waals surface area contributed by atoms with Crippen molar-refractivity contribution in [2.45, 2.75) is 50.0 Å². The maximum Gasteiger partial charge on any atom is 0.310 e. The van der Waals surface area contributed by atoms with Crippen LogP contribution in [0.25, 0.3) is 0 Å². The van der Waals surface area contributed by atoms with Crippen LogP contribution in [-0.2, 0) is 16.0 Å². The van der Waals surface area contributed by atoms with Crippen molar-refractivity contribution in [1.82, 2.24) is 4.90 Å². The molecule has 2 bridgehead atoms. The lowest BCUT2D eigenvalue weighted by Gasteiger charge is -2.36. The number of nitrogens with zero attached hydrogens (tertiary/aromatic N) is 1. The lowest BCUT2D eigenvalue weighted by molar-refractivity contribution is -0.151. The number of aliphatic hydroxyl groups is 1. The zero-order valence-electron chi connectivity index (χ0n) is 11.7. The maximum absolute atomic E-state index is 12.0. The van der Waals surface area contributed by atoms with Crippen LogP contribution < -0.4 is 0 Å². The van der Waals surface area contributed by atoms with Gasteiger partial charge in [0.05, 0.1) is 12.5 Å². The smallest absolute Gasteiger partial charge is 0.310 e. The number of carbonyl (C=O) groups is 1. The Morgan fingerprint density at radius 1 is 1.30 bits per heavy atom. The van der Waals surface area contributed by atoms with Gasteiger partial charge in [-0.25, -0.2) is 0 Å². The van der Waals surface area contributed by atoms with E-state index in [0.717, 1.165) is 24.8 Å². The third kappa shape index (κ3) is 2.72. The van der Waals surface area contributed by atoms with Crippen molar-refractivity contribution in [2.24, 2.45) is 0 Å². The number of fused-ring (bicyclic) bond motifs is 2. The first kappa shape index (κ1) is 13.6. The predicted molar refractivity (Wildman–Crippen MR) is 75.2 cm³/mol. The van der Waals surface area contributed by atoms with E-state index in [9.17, 15) is 9.90 Å². The number of aliphatic hydroxyl groups excluding tert-OH is 1. The van der Waals surface area contributed by atoms with E-state index in [4.69, 9.17) is 4.74 Å². The lowest BCUT2D eigenvalue weighted by atomic mass is 10.00. The molecule has 1 aromatic carbocycles. The van der Waals surface area contributed by atoms with Crippen molar-refractivity contribution >= 4 is 5.97 Å². The van der Waals surface area contributed by atoms with Gasteiger partial charge in [-0.05, 0) is 19.0 Å². The summed E-state index contributed by atoms with van der Waals surface area (Å²) < 4.78 is 5.60. The normalized spacial score (nSPS) is 33.1. The van der Waals surface area contributed by atoms with Gasteiger partial charge in [0.25, 0.3) is 0 Å². The van der Waals surface area contributed by atoms with E-state index in [0.29, 0.717) is 12.5 Å². The van der Waals surface area contributed by atoms with E-state index in [1.165, 1.54) is 0 Å². The zero-order valence-corrected chi connectivity index (χ0v) is 11.7. The van der Waals surface area contributed by atoms with Crippen molar-refractivity contribution in [3.8, 4) is 0 Å². The van der Waals surface area contributed by atoms with E-state index < -0.39 is 0 Å². The highest BCUT2D eigenvalue weighted by Gasteiger charge is 2.45.